The third-order valence-electron chi connectivity index (χ3n) is 3.70. The Morgan fingerprint density at radius 2 is 2.00 bits per heavy atom. The van der Waals surface area contributed by atoms with Crippen molar-refractivity contribution >= 4 is 11.6 Å². The average Bonchev–Trinajstić information content (AvgIpc) is 2.50. The van der Waals surface area contributed by atoms with Crippen LogP contribution in [0.4, 0.5) is 4.39 Å². The van der Waals surface area contributed by atoms with Crippen LogP contribution in [0.25, 0.3) is 11.6 Å². The summed E-state index contributed by atoms with van der Waals surface area (Å²) in [7, 11) is 0. The first-order valence-corrected chi connectivity index (χ1v) is 7.86. The summed E-state index contributed by atoms with van der Waals surface area (Å²) >= 11 is 0. The first-order valence-electron chi connectivity index (χ1n) is 7.86. The summed E-state index contributed by atoms with van der Waals surface area (Å²) in [4.78, 5) is 0. The molecule has 1 aromatic carbocycles. The number of rotatable bonds is 7. The predicted octanol–water partition coefficient (Wildman–Crippen LogP) is 6.68. The van der Waals surface area contributed by atoms with Crippen molar-refractivity contribution in [3.8, 4) is 0 Å². The van der Waals surface area contributed by atoms with E-state index < -0.39 is 0 Å². The average molecular weight is 298 g/mol. The largest absolute Gasteiger partial charge is 0.251 e. The second kappa shape index (κ2) is 9.19. The second-order valence-electron chi connectivity index (χ2n) is 5.56. The fraction of sp³-hybridized carbons (Fsp3) is 0.333. The third-order valence-corrected chi connectivity index (χ3v) is 3.70. The van der Waals surface area contributed by atoms with Crippen molar-refractivity contribution in [3.05, 3.63) is 70.8 Å². The van der Waals surface area contributed by atoms with Gasteiger partial charge in [-0.2, -0.15) is 0 Å². The van der Waals surface area contributed by atoms with E-state index in [0.717, 1.165) is 17.6 Å². The number of alkyl halides is 1. The minimum Gasteiger partial charge on any atom is -0.251 e. The summed E-state index contributed by atoms with van der Waals surface area (Å²) in [5.74, 6) is 0. The van der Waals surface area contributed by atoms with E-state index in [-0.39, 0.29) is 6.67 Å². The summed E-state index contributed by atoms with van der Waals surface area (Å²) in [6.07, 6.45) is 9.69. The Morgan fingerprint density at radius 1 is 1.27 bits per heavy atom. The van der Waals surface area contributed by atoms with Crippen molar-refractivity contribution in [2.75, 3.05) is 6.67 Å². The number of halogens is 1. The summed E-state index contributed by atoms with van der Waals surface area (Å²) in [6, 6.07) is 6.47. The number of hydrogen-bond donors (Lipinski definition) is 0. The van der Waals surface area contributed by atoms with E-state index in [4.69, 9.17) is 0 Å². The molecule has 0 aliphatic carbocycles. The maximum Gasteiger partial charge on any atom is 0.0897 e. The molecule has 0 aromatic heterocycles. The number of benzene rings is 1. The predicted molar refractivity (Wildman–Crippen MR) is 97.6 cm³/mol. The highest BCUT2D eigenvalue weighted by Gasteiger charge is 2.06. The lowest BCUT2D eigenvalue weighted by Crippen LogP contribution is -1.92. The molecular formula is C21H27F. The van der Waals surface area contributed by atoms with Gasteiger partial charge in [-0.1, -0.05) is 48.6 Å². The van der Waals surface area contributed by atoms with Crippen LogP contribution in [0.3, 0.4) is 0 Å². The lowest BCUT2D eigenvalue weighted by molar-refractivity contribution is 0.473. The van der Waals surface area contributed by atoms with Gasteiger partial charge in [0, 0.05) is 0 Å². The van der Waals surface area contributed by atoms with Crippen LogP contribution < -0.4 is 0 Å². The Kier molecular flexibility index (Phi) is 7.59. The summed E-state index contributed by atoms with van der Waals surface area (Å²) in [5, 5.41) is 0. The molecule has 118 valence electrons. The Balaban J connectivity index is 3.25. The van der Waals surface area contributed by atoms with E-state index in [0.29, 0.717) is 6.42 Å². The molecule has 0 atom stereocenters. The lowest BCUT2D eigenvalue weighted by atomic mass is 9.93. The minimum absolute atomic E-state index is 0.286. The Hall–Kier alpha value is -1.89. The molecule has 0 unspecified atom stereocenters. The molecule has 1 aromatic rings. The van der Waals surface area contributed by atoms with Crippen LogP contribution in [-0.4, -0.2) is 6.67 Å². The molecule has 0 saturated carbocycles. The first kappa shape index (κ1) is 18.2. The maximum atomic E-state index is 12.5. The van der Waals surface area contributed by atoms with Crippen LogP contribution in [0, 0.1) is 6.92 Å². The van der Waals surface area contributed by atoms with Gasteiger partial charge in [0.25, 0.3) is 0 Å². The van der Waals surface area contributed by atoms with Gasteiger partial charge in [0.2, 0.25) is 0 Å². The number of allylic oxidation sites excluding steroid dienone is 6. The van der Waals surface area contributed by atoms with Crippen molar-refractivity contribution in [1.29, 1.82) is 0 Å². The first-order chi connectivity index (χ1) is 10.5. The SMILES string of the molecule is C=C(C)/C(=C\C(=C/C)c1cc(/C=C\C)ccc1C)CCCF. The van der Waals surface area contributed by atoms with Gasteiger partial charge in [0.05, 0.1) is 6.67 Å². The van der Waals surface area contributed by atoms with Crippen LogP contribution in [0.15, 0.2) is 54.2 Å². The molecule has 0 fully saturated rings. The van der Waals surface area contributed by atoms with E-state index in [2.05, 4.69) is 49.9 Å². The highest BCUT2D eigenvalue weighted by Crippen LogP contribution is 2.26. The zero-order valence-electron chi connectivity index (χ0n) is 14.2. The van der Waals surface area contributed by atoms with E-state index in [1.54, 1.807) is 0 Å². The molecule has 0 bridgehead atoms. The zero-order chi connectivity index (χ0) is 16.5. The molecule has 0 radical (unpaired) electrons. The number of aryl methyl sites for hydroxylation is 1. The molecule has 0 N–H and O–H groups in total. The topological polar surface area (TPSA) is 0 Å². The standard InChI is InChI=1S/C21H27F/c1-6-9-18-12-11-17(5)21(14-18)19(7-2)15-20(16(3)4)10-8-13-22/h6-7,9,11-12,14-15H,3,8,10,13H2,1-2,4-5H3/b9-6-,19-7+,20-15-. The van der Waals surface area contributed by atoms with E-state index in [9.17, 15) is 4.39 Å². The Morgan fingerprint density at radius 3 is 2.55 bits per heavy atom. The quantitative estimate of drug-likeness (QED) is 0.492. The Labute approximate surface area is 134 Å². The van der Waals surface area contributed by atoms with Crippen LogP contribution in [0.5, 0.6) is 0 Å². The Bertz CT molecular complexity index is 600. The van der Waals surface area contributed by atoms with Crippen molar-refractivity contribution in [2.45, 2.75) is 40.5 Å². The molecule has 0 amide bonds. The molecule has 1 heteroatoms. The second-order valence-corrected chi connectivity index (χ2v) is 5.56. The van der Waals surface area contributed by atoms with Gasteiger partial charge >= 0.3 is 0 Å². The van der Waals surface area contributed by atoms with Gasteiger partial charge in [-0.25, -0.2) is 0 Å². The van der Waals surface area contributed by atoms with Gasteiger partial charge in [-0.3, -0.25) is 4.39 Å². The zero-order valence-corrected chi connectivity index (χ0v) is 14.2. The molecule has 1 rings (SSSR count). The third kappa shape index (κ3) is 5.14. The summed E-state index contributed by atoms with van der Waals surface area (Å²) in [6.45, 7) is 11.9. The molecule has 0 aliphatic heterocycles. The normalized spacial score (nSPS) is 13.0. The van der Waals surface area contributed by atoms with Gasteiger partial charge in [-0.15, -0.1) is 0 Å². The van der Waals surface area contributed by atoms with Crippen LogP contribution >= 0.6 is 0 Å². The highest BCUT2D eigenvalue weighted by molar-refractivity contribution is 5.78. The van der Waals surface area contributed by atoms with Crippen molar-refractivity contribution in [2.24, 2.45) is 0 Å². The molecule has 0 nitrogen and oxygen atoms in total. The summed E-state index contributed by atoms with van der Waals surface area (Å²) < 4.78 is 12.5. The molecule has 0 aliphatic rings. The van der Waals surface area contributed by atoms with E-state index in [1.807, 2.05) is 26.8 Å². The van der Waals surface area contributed by atoms with E-state index in [1.165, 1.54) is 22.3 Å². The van der Waals surface area contributed by atoms with Crippen LogP contribution in [0.2, 0.25) is 0 Å². The smallest absolute Gasteiger partial charge is 0.0897 e. The maximum absolute atomic E-state index is 12.5. The summed E-state index contributed by atoms with van der Waals surface area (Å²) in [5.41, 5.74) is 6.95. The monoisotopic (exact) mass is 298 g/mol. The fourth-order valence-electron chi connectivity index (χ4n) is 2.42. The fourth-order valence-corrected chi connectivity index (χ4v) is 2.42. The van der Waals surface area contributed by atoms with Gasteiger partial charge in [-0.05, 0) is 74.4 Å². The van der Waals surface area contributed by atoms with Crippen molar-refractivity contribution in [3.63, 3.8) is 0 Å². The minimum atomic E-state index is -0.286. The molecule has 0 heterocycles. The molecule has 0 saturated heterocycles. The van der Waals surface area contributed by atoms with Gasteiger partial charge in [0.15, 0.2) is 0 Å². The molecule has 0 spiro atoms. The highest BCUT2D eigenvalue weighted by atomic mass is 19.1. The molecule has 22 heavy (non-hydrogen) atoms. The van der Waals surface area contributed by atoms with Gasteiger partial charge < -0.3 is 0 Å². The van der Waals surface area contributed by atoms with Crippen molar-refractivity contribution in [1.82, 2.24) is 0 Å². The van der Waals surface area contributed by atoms with Crippen LogP contribution in [0.1, 0.15) is 50.3 Å². The van der Waals surface area contributed by atoms with Crippen LogP contribution in [-0.2, 0) is 0 Å². The van der Waals surface area contributed by atoms with E-state index >= 15 is 0 Å². The lowest BCUT2D eigenvalue weighted by Gasteiger charge is -2.12. The van der Waals surface area contributed by atoms with Gasteiger partial charge in [0.1, 0.15) is 0 Å². The van der Waals surface area contributed by atoms with Crippen molar-refractivity contribution < 1.29 is 4.39 Å². The molecular weight excluding hydrogens is 271 g/mol. The number of hydrogen-bond acceptors (Lipinski definition) is 0.